The Labute approximate surface area is 154 Å². The third kappa shape index (κ3) is 5.31. The van der Waals surface area contributed by atoms with Gasteiger partial charge in [-0.05, 0) is 31.4 Å². The molecule has 0 aromatic heterocycles. The number of esters is 1. The Kier molecular flexibility index (Phi) is 7.15. The SMILES string of the molecule is COC(=O)[C@H](CC=C(C)C)NC(=O)C(c1ccccc1)c1ccccc1. The Morgan fingerprint density at radius 2 is 1.46 bits per heavy atom. The van der Waals surface area contributed by atoms with Gasteiger partial charge in [0.15, 0.2) is 0 Å². The van der Waals surface area contributed by atoms with Crippen molar-refractivity contribution in [3.63, 3.8) is 0 Å². The van der Waals surface area contributed by atoms with Crippen molar-refractivity contribution in [2.75, 3.05) is 7.11 Å². The summed E-state index contributed by atoms with van der Waals surface area (Å²) < 4.78 is 4.85. The number of benzene rings is 2. The number of nitrogens with one attached hydrogen (secondary N) is 1. The molecule has 0 aliphatic rings. The van der Waals surface area contributed by atoms with Crippen molar-refractivity contribution < 1.29 is 14.3 Å². The minimum absolute atomic E-state index is 0.222. The van der Waals surface area contributed by atoms with Crippen LogP contribution in [-0.2, 0) is 14.3 Å². The summed E-state index contributed by atoms with van der Waals surface area (Å²) in [6, 6.07) is 18.4. The molecule has 1 atom stereocenters. The van der Waals surface area contributed by atoms with Gasteiger partial charge in [0.05, 0.1) is 13.0 Å². The van der Waals surface area contributed by atoms with Crippen LogP contribution in [0.5, 0.6) is 0 Å². The van der Waals surface area contributed by atoms with Crippen LogP contribution < -0.4 is 5.32 Å². The van der Waals surface area contributed by atoms with Gasteiger partial charge in [-0.2, -0.15) is 0 Å². The van der Waals surface area contributed by atoms with E-state index in [0.717, 1.165) is 16.7 Å². The predicted octanol–water partition coefficient (Wildman–Crippen LogP) is 3.83. The van der Waals surface area contributed by atoms with Crippen molar-refractivity contribution in [2.24, 2.45) is 0 Å². The fraction of sp³-hybridized carbons (Fsp3) is 0.273. The lowest BCUT2D eigenvalue weighted by Gasteiger charge is -2.21. The average Bonchev–Trinajstić information content (AvgIpc) is 2.66. The molecule has 2 rings (SSSR count). The molecule has 0 heterocycles. The molecule has 0 aliphatic carbocycles. The molecule has 1 amide bonds. The van der Waals surface area contributed by atoms with E-state index in [1.54, 1.807) is 0 Å². The van der Waals surface area contributed by atoms with Crippen molar-refractivity contribution in [2.45, 2.75) is 32.2 Å². The zero-order valence-electron chi connectivity index (χ0n) is 15.4. The van der Waals surface area contributed by atoms with Crippen molar-refractivity contribution >= 4 is 11.9 Å². The first-order valence-electron chi connectivity index (χ1n) is 8.64. The molecule has 0 unspecified atom stereocenters. The molecule has 0 saturated carbocycles. The highest BCUT2D eigenvalue weighted by molar-refractivity contribution is 5.91. The standard InChI is InChI=1S/C22H25NO3/c1-16(2)14-15-19(22(25)26-3)23-21(24)20(17-10-6-4-7-11-17)18-12-8-5-9-13-18/h4-14,19-20H,15H2,1-3H3,(H,23,24)/t19-/m0/s1. The molecule has 0 spiro atoms. The second-order valence-corrected chi connectivity index (χ2v) is 6.36. The normalized spacial score (nSPS) is 11.5. The van der Waals surface area contributed by atoms with Crippen LogP contribution >= 0.6 is 0 Å². The maximum atomic E-state index is 13.1. The first-order valence-corrected chi connectivity index (χ1v) is 8.64. The molecule has 0 fully saturated rings. The van der Waals surface area contributed by atoms with Gasteiger partial charge in [-0.25, -0.2) is 4.79 Å². The first-order chi connectivity index (χ1) is 12.5. The quantitative estimate of drug-likeness (QED) is 0.609. The molecule has 0 radical (unpaired) electrons. The predicted molar refractivity (Wildman–Crippen MR) is 103 cm³/mol. The molecule has 0 saturated heterocycles. The van der Waals surface area contributed by atoms with Crippen LogP contribution in [0.15, 0.2) is 72.3 Å². The van der Waals surface area contributed by atoms with E-state index < -0.39 is 17.9 Å². The lowest BCUT2D eigenvalue weighted by atomic mass is 9.90. The topological polar surface area (TPSA) is 55.4 Å². The molecule has 1 N–H and O–H groups in total. The van der Waals surface area contributed by atoms with Crippen LogP contribution in [0.2, 0.25) is 0 Å². The fourth-order valence-electron chi connectivity index (χ4n) is 2.75. The summed E-state index contributed by atoms with van der Waals surface area (Å²) in [6.45, 7) is 3.90. The van der Waals surface area contributed by atoms with Gasteiger partial charge in [-0.15, -0.1) is 0 Å². The summed E-state index contributed by atoms with van der Waals surface area (Å²) in [7, 11) is 1.33. The summed E-state index contributed by atoms with van der Waals surface area (Å²) in [5, 5.41) is 2.86. The van der Waals surface area contributed by atoms with Gasteiger partial charge < -0.3 is 10.1 Å². The van der Waals surface area contributed by atoms with Gasteiger partial charge in [0, 0.05) is 0 Å². The number of hydrogen-bond acceptors (Lipinski definition) is 3. The average molecular weight is 351 g/mol. The smallest absolute Gasteiger partial charge is 0.328 e. The summed E-state index contributed by atoms with van der Waals surface area (Å²) in [5.41, 5.74) is 2.83. The zero-order valence-corrected chi connectivity index (χ0v) is 15.4. The molecule has 2 aromatic rings. The number of ether oxygens (including phenoxy) is 1. The minimum atomic E-state index is -0.711. The first kappa shape index (κ1) is 19.4. The molecule has 136 valence electrons. The van der Waals surface area contributed by atoms with E-state index in [-0.39, 0.29) is 5.91 Å². The van der Waals surface area contributed by atoms with Gasteiger partial charge >= 0.3 is 5.97 Å². The fourth-order valence-corrected chi connectivity index (χ4v) is 2.75. The second-order valence-electron chi connectivity index (χ2n) is 6.36. The summed E-state index contributed by atoms with van der Waals surface area (Å²) in [6.07, 6.45) is 2.32. The molecule has 0 aliphatic heterocycles. The Bertz CT molecular complexity index is 710. The van der Waals surface area contributed by atoms with E-state index in [0.29, 0.717) is 6.42 Å². The number of hydrogen-bond donors (Lipinski definition) is 1. The van der Waals surface area contributed by atoms with E-state index in [4.69, 9.17) is 4.74 Å². The van der Waals surface area contributed by atoms with Gasteiger partial charge in [0.2, 0.25) is 5.91 Å². The maximum absolute atomic E-state index is 13.1. The van der Waals surface area contributed by atoms with Gasteiger partial charge in [0.25, 0.3) is 0 Å². The molecular weight excluding hydrogens is 326 g/mol. The van der Waals surface area contributed by atoms with Gasteiger partial charge in [-0.1, -0.05) is 72.3 Å². The number of carbonyl (C=O) groups excluding carboxylic acids is 2. The van der Waals surface area contributed by atoms with Crippen LogP contribution in [0.25, 0.3) is 0 Å². The number of methoxy groups -OCH3 is 1. The summed E-state index contributed by atoms with van der Waals surface area (Å²) >= 11 is 0. The van der Waals surface area contributed by atoms with Crippen LogP contribution in [0, 0.1) is 0 Å². The Hall–Kier alpha value is -2.88. The Balaban J connectivity index is 2.30. The third-order valence-electron chi connectivity index (χ3n) is 4.09. The molecule has 0 bridgehead atoms. The Morgan fingerprint density at radius 3 is 1.88 bits per heavy atom. The largest absolute Gasteiger partial charge is 0.467 e. The van der Waals surface area contributed by atoms with Crippen molar-refractivity contribution in [3.05, 3.63) is 83.4 Å². The number of rotatable bonds is 7. The molecule has 4 nitrogen and oxygen atoms in total. The van der Waals surface area contributed by atoms with Crippen molar-refractivity contribution in [1.29, 1.82) is 0 Å². The van der Waals surface area contributed by atoms with E-state index >= 15 is 0 Å². The van der Waals surface area contributed by atoms with E-state index in [9.17, 15) is 9.59 Å². The number of allylic oxidation sites excluding steroid dienone is 1. The summed E-state index contributed by atoms with van der Waals surface area (Å²) in [4.78, 5) is 25.2. The van der Waals surface area contributed by atoms with Gasteiger partial charge in [0.1, 0.15) is 6.04 Å². The summed E-state index contributed by atoms with van der Waals surface area (Å²) in [5.74, 6) is -1.16. The molecule has 4 heteroatoms. The zero-order chi connectivity index (χ0) is 18.9. The van der Waals surface area contributed by atoms with Crippen LogP contribution in [0.3, 0.4) is 0 Å². The van der Waals surface area contributed by atoms with Crippen molar-refractivity contribution in [1.82, 2.24) is 5.32 Å². The van der Waals surface area contributed by atoms with Crippen LogP contribution in [-0.4, -0.2) is 25.0 Å². The lowest BCUT2D eigenvalue weighted by molar-refractivity contribution is -0.145. The van der Waals surface area contributed by atoms with E-state index in [2.05, 4.69) is 5.32 Å². The molecule has 26 heavy (non-hydrogen) atoms. The monoisotopic (exact) mass is 351 g/mol. The maximum Gasteiger partial charge on any atom is 0.328 e. The molecular formula is C22H25NO3. The van der Waals surface area contributed by atoms with Gasteiger partial charge in [-0.3, -0.25) is 4.79 Å². The Morgan fingerprint density at radius 1 is 0.962 bits per heavy atom. The lowest BCUT2D eigenvalue weighted by Crippen LogP contribution is -2.43. The van der Waals surface area contributed by atoms with E-state index in [1.807, 2.05) is 80.6 Å². The van der Waals surface area contributed by atoms with E-state index in [1.165, 1.54) is 7.11 Å². The highest BCUT2D eigenvalue weighted by Crippen LogP contribution is 2.25. The van der Waals surface area contributed by atoms with Crippen LogP contribution in [0.4, 0.5) is 0 Å². The van der Waals surface area contributed by atoms with Crippen LogP contribution in [0.1, 0.15) is 37.3 Å². The number of amides is 1. The number of carbonyl (C=O) groups is 2. The highest BCUT2D eigenvalue weighted by Gasteiger charge is 2.27. The minimum Gasteiger partial charge on any atom is -0.467 e. The van der Waals surface area contributed by atoms with Crippen molar-refractivity contribution in [3.8, 4) is 0 Å². The highest BCUT2D eigenvalue weighted by atomic mass is 16.5. The third-order valence-corrected chi connectivity index (χ3v) is 4.09. The second kappa shape index (κ2) is 9.56. The molecule has 2 aromatic carbocycles.